The third-order valence-electron chi connectivity index (χ3n) is 3.92. The number of hydrogen-bond donors (Lipinski definition) is 5. The molecule has 0 saturated heterocycles. The fraction of sp³-hybridized carbons (Fsp3) is 0.316. The van der Waals surface area contributed by atoms with Gasteiger partial charge in [0.2, 0.25) is 0 Å². The van der Waals surface area contributed by atoms with Crippen LogP contribution in [0.3, 0.4) is 0 Å². The molecule has 0 unspecified atom stereocenters. The Bertz CT molecular complexity index is 809. The summed E-state index contributed by atoms with van der Waals surface area (Å²) in [6.45, 7) is 8.22. The molecule has 2 aromatic carbocycles. The van der Waals surface area contributed by atoms with Gasteiger partial charge in [0, 0.05) is 23.1 Å². The van der Waals surface area contributed by atoms with Gasteiger partial charge in [-0.05, 0) is 32.4 Å². The first-order chi connectivity index (χ1) is 11.7. The molecular formula is C19H24O6. The third-order valence-corrected chi connectivity index (χ3v) is 3.92. The molecular weight excluding hydrogens is 324 g/mol. The lowest BCUT2D eigenvalue weighted by Gasteiger charge is -2.16. The van der Waals surface area contributed by atoms with E-state index in [1.165, 1.54) is 26.0 Å². The monoisotopic (exact) mass is 348 g/mol. The van der Waals surface area contributed by atoms with Gasteiger partial charge < -0.3 is 25.5 Å². The highest BCUT2D eigenvalue weighted by atomic mass is 16.3. The SMILES string of the molecule is CC.CC(=O)c1c(O)c(C)c(O)c(Cc2c(O)ccc(C)c2O)c1O. The highest BCUT2D eigenvalue weighted by molar-refractivity contribution is 6.01. The minimum Gasteiger partial charge on any atom is -0.508 e. The molecule has 2 aromatic rings. The molecule has 0 fully saturated rings. The van der Waals surface area contributed by atoms with Crippen LogP contribution in [-0.2, 0) is 6.42 Å². The van der Waals surface area contributed by atoms with Crippen molar-refractivity contribution < 1.29 is 30.3 Å². The molecule has 6 nitrogen and oxygen atoms in total. The first-order valence-electron chi connectivity index (χ1n) is 7.94. The number of phenolic OH excluding ortho intramolecular Hbond substituents is 5. The molecule has 25 heavy (non-hydrogen) atoms. The van der Waals surface area contributed by atoms with Crippen molar-refractivity contribution in [1.82, 2.24) is 0 Å². The van der Waals surface area contributed by atoms with Crippen molar-refractivity contribution >= 4 is 5.78 Å². The molecule has 0 heterocycles. The Hall–Kier alpha value is -2.89. The van der Waals surface area contributed by atoms with Crippen molar-refractivity contribution in [2.24, 2.45) is 0 Å². The Kier molecular flexibility index (Phi) is 6.28. The number of benzene rings is 2. The molecule has 0 aliphatic carbocycles. The van der Waals surface area contributed by atoms with E-state index in [1.807, 2.05) is 13.8 Å². The Labute approximate surface area is 146 Å². The fourth-order valence-electron chi connectivity index (χ4n) is 2.50. The largest absolute Gasteiger partial charge is 0.508 e. The number of carbonyl (C=O) groups excluding carboxylic acids is 1. The van der Waals surface area contributed by atoms with Crippen molar-refractivity contribution in [2.75, 3.05) is 0 Å². The first-order valence-corrected chi connectivity index (χ1v) is 7.94. The van der Waals surface area contributed by atoms with Gasteiger partial charge in [0.15, 0.2) is 5.78 Å². The van der Waals surface area contributed by atoms with Gasteiger partial charge in [0.1, 0.15) is 34.3 Å². The predicted octanol–water partition coefficient (Wildman–Crippen LogP) is 3.65. The number of Topliss-reactive ketones (excluding diaryl/α,β-unsaturated/α-hetero) is 1. The maximum atomic E-state index is 11.6. The van der Waals surface area contributed by atoms with Crippen LogP contribution >= 0.6 is 0 Å². The van der Waals surface area contributed by atoms with Gasteiger partial charge >= 0.3 is 0 Å². The number of ketones is 1. The molecule has 0 atom stereocenters. The lowest BCUT2D eigenvalue weighted by atomic mass is 9.93. The van der Waals surface area contributed by atoms with Crippen LogP contribution < -0.4 is 0 Å². The molecule has 6 heteroatoms. The maximum Gasteiger partial charge on any atom is 0.167 e. The van der Waals surface area contributed by atoms with E-state index in [9.17, 15) is 30.3 Å². The van der Waals surface area contributed by atoms with Crippen LogP contribution in [0.4, 0.5) is 0 Å². The van der Waals surface area contributed by atoms with Crippen LogP contribution in [-0.4, -0.2) is 31.3 Å². The summed E-state index contributed by atoms with van der Waals surface area (Å²) in [4.78, 5) is 11.6. The normalized spacial score (nSPS) is 10.1. The predicted molar refractivity (Wildman–Crippen MR) is 94.8 cm³/mol. The van der Waals surface area contributed by atoms with Crippen LogP contribution in [0.15, 0.2) is 12.1 Å². The number of aryl methyl sites for hydroxylation is 1. The molecule has 5 N–H and O–H groups in total. The van der Waals surface area contributed by atoms with Gasteiger partial charge in [-0.25, -0.2) is 0 Å². The zero-order chi connectivity index (χ0) is 19.5. The number of aromatic hydroxyl groups is 5. The van der Waals surface area contributed by atoms with E-state index in [0.717, 1.165) is 0 Å². The van der Waals surface area contributed by atoms with Crippen LogP contribution in [0.5, 0.6) is 28.7 Å². The number of hydrogen-bond acceptors (Lipinski definition) is 6. The molecule has 0 radical (unpaired) electrons. The Morgan fingerprint density at radius 2 is 1.40 bits per heavy atom. The standard InChI is InChI=1S/C17H18O6.C2H6/c1-7-4-5-12(19)10(14(7)20)6-11-15(21)8(2)16(22)13(9(3)18)17(11)23;1-2/h4-5,19-23H,6H2,1-3H3;1-2H3. The van der Waals surface area contributed by atoms with Crippen molar-refractivity contribution in [2.45, 2.75) is 41.0 Å². The Morgan fingerprint density at radius 3 is 1.92 bits per heavy atom. The topological polar surface area (TPSA) is 118 Å². The zero-order valence-electron chi connectivity index (χ0n) is 15.0. The van der Waals surface area contributed by atoms with Crippen molar-refractivity contribution in [1.29, 1.82) is 0 Å². The smallest absolute Gasteiger partial charge is 0.167 e. The number of phenols is 5. The summed E-state index contributed by atoms with van der Waals surface area (Å²) in [7, 11) is 0. The van der Waals surface area contributed by atoms with E-state index in [-0.39, 0.29) is 40.2 Å². The average molecular weight is 348 g/mol. The van der Waals surface area contributed by atoms with Crippen molar-refractivity contribution in [3.8, 4) is 28.7 Å². The van der Waals surface area contributed by atoms with Crippen LogP contribution in [0, 0.1) is 13.8 Å². The molecule has 0 amide bonds. The van der Waals surface area contributed by atoms with Gasteiger partial charge in [0.05, 0.1) is 0 Å². The van der Waals surface area contributed by atoms with Gasteiger partial charge in [-0.3, -0.25) is 4.79 Å². The van der Waals surface area contributed by atoms with E-state index in [4.69, 9.17) is 0 Å². The third kappa shape index (κ3) is 3.63. The van der Waals surface area contributed by atoms with E-state index in [0.29, 0.717) is 5.56 Å². The van der Waals surface area contributed by atoms with Crippen LogP contribution in [0.1, 0.15) is 53.4 Å². The lowest BCUT2D eigenvalue weighted by Crippen LogP contribution is -2.01. The second-order valence-electron chi connectivity index (χ2n) is 5.49. The second-order valence-corrected chi connectivity index (χ2v) is 5.49. The van der Waals surface area contributed by atoms with E-state index >= 15 is 0 Å². The second kappa shape index (κ2) is 7.79. The first kappa shape index (κ1) is 20.2. The molecule has 0 bridgehead atoms. The Balaban J connectivity index is 0.00000151. The fourth-order valence-corrected chi connectivity index (χ4v) is 2.50. The number of rotatable bonds is 3. The summed E-state index contributed by atoms with van der Waals surface area (Å²) in [5.41, 5.74) is 0.299. The minimum atomic E-state index is -0.571. The van der Waals surface area contributed by atoms with E-state index < -0.39 is 23.0 Å². The summed E-state index contributed by atoms with van der Waals surface area (Å²) >= 11 is 0. The lowest BCUT2D eigenvalue weighted by molar-refractivity contribution is 0.101. The van der Waals surface area contributed by atoms with E-state index in [2.05, 4.69) is 0 Å². The minimum absolute atomic E-state index is 0.0367. The van der Waals surface area contributed by atoms with Gasteiger partial charge in [-0.1, -0.05) is 19.9 Å². The van der Waals surface area contributed by atoms with Gasteiger partial charge in [-0.15, -0.1) is 0 Å². The summed E-state index contributed by atoms with van der Waals surface area (Å²) in [5, 5.41) is 50.4. The Morgan fingerprint density at radius 1 is 0.840 bits per heavy atom. The quantitative estimate of drug-likeness (QED) is 0.540. The molecule has 0 aromatic heterocycles. The molecule has 0 aliphatic rings. The molecule has 0 saturated carbocycles. The highest BCUT2D eigenvalue weighted by Crippen LogP contribution is 2.44. The van der Waals surface area contributed by atoms with Crippen molar-refractivity contribution in [3.63, 3.8) is 0 Å². The highest BCUT2D eigenvalue weighted by Gasteiger charge is 2.25. The summed E-state index contributed by atoms with van der Waals surface area (Å²) < 4.78 is 0. The van der Waals surface area contributed by atoms with E-state index in [1.54, 1.807) is 6.92 Å². The molecule has 0 spiro atoms. The van der Waals surface area contributed by atoms with Crippen LogP contribution in [0.2, 0.25) is 0 Å². The molecule has 136 valence electrons. The van der Waals surface area contributed by atoms with Gasteiger partial charge in [0.25, 0.3) is 0 Å². The van der Waals surface area contributed by atoms with Gasteiger partial charge in [-0.2, -0.15) is 0 Å². The van der Waals surface area contributed by atoms with Crippen LogP contribution in [0.25, 0.3) is 0 Å². The maximum absolute atomic E-state index is 11.6. The zero-order valence-corrected chi connectivity index (χ0v) is 15.0. The summed E-state index contributed by atoms with van der Waals surface area (Å²) in [5.74, 6) is -2.40. The average Bonchev–Trinajstić information content (AvgIpc) is 2.57. The molecule has 0 aliphatic heterocycles. The summed E-state index contributed by atoms with van der Waals surface area (Å²) in [6, 6.07) is 2.91. The van der Waals surface area contributed by atoms with Crippen molar-refractivity contribution in [3.05, 3.63) is 39.9 Å². The number of carbonyl (C=O) groups is 1. The summed E-state index contributed by atoms with van der Waals surface area (Å²) in [6.07, 6.45) is -0.210. The molecule has 2 rings (SSSR count).